The fourth-order valence-electron chi connectivity index (χ4n) is 2.43. The van der Waals surface area contributed by atoms with Crippen LogP contribution in [-0.4, -0.2) is 32.5 Å². The van der Waals surface area contributed by atoms with Crippen LogP contribution >= 0.6 is 0 Å². The van der Waals surface area contributed by atoms with Crippen LogP contribution < -0.4 is 9.47 Å². The van der Waals surface area contributed by atoms with E-state index in [1.54, 1.807) is 6.07 Å². The van der Waals surface area contributed by atoms with Crippen LogP contribution in [0.3, 0.4) is 0 Å². The maximum Gasteiger partial charge on any atom is 0.244 e. The highest BCUT2D eigenvalue weighted by molar-refractivity contribution is 7.89. The molecule has 0 aliphatic carbocycles. The lowest BCUT2D eigenvalue weighted by Crippen LogP contribution is -2.31. The summed E-state index contributed by atoms with van der Waals surface area (Å²) in [6, 6.07) is 15.6. The van der Waals surface area contributed by atoms with Crippen LogP contribution in [0.15, 0.2) is 53.4 Å². The molecule has 0 atom stereocenters. The van der Waals surface area contributed by atoms with Crippen LogP contribution in [0.25, 0.3) is 0 Å². The topological polar surface area (TPSA) is 79.6 Å². The molecule has 0 spiro atoms. The monoisotopic (exact) mass is 374 g/mol. The first kappa shape index (κ1) is 19.8. The van der Waals surface area contributed by atoms with Crippen molar-refractivity contribution in [2.24, 2.45) is 0 Å². The molecule has 0 amide bonds. The highest BCUT2D eigenvalue weighted by Gasteiger charge is 2.26. The van der Waals surface area contributed by atoms with Gasteiger partial charge in [-0.15, -0.1) is 0 Å². The minimum absolute atomic E-state index is 0.0654. The molecular weight excluding hydrogens is 352 g/mol. The molecule has 7 heteroatoms. The second-order valence-electron chi connectivity index (χ2n) is 5.39. The van der Waals surface area contributed by atoms with E-state index in [4.69, 9.17) is 14.7 Å². The van der Waals surface area contributed by atoms with E-state index in [-0.39, 0.29) is 18.0 Å². The van der Waals surface area contributed by atoms with Gasteiger partial charge in [0.2, 0.25) is 10.0 Å². The molecule has 0 unspecified atom stereocenters. The van der Waals surface area contributed by atoms with Gasteiger partial charge in [-0.3, -0.25) is 0 Å². The molecule has 0 N–H and O–H groups in total. The van der Waals surface area contributed by atoms with Crippen LogP contribution in [-0.2, 0) is 16.6 Å². The van der Waals surface area contributed by atoms with Crippen molar-refractivity contribution in [3.8, 4) is 17.6 Å². The summed E-state index contributed by atoms with van der Waals surface area (Å²) in [7, 11) is -3.86. The lowest BCUT2D eigenvalue weighted by Gasteiger charge is -2.20. The number of benzene rings is 2. The van der Waals surface area contributed by atoms with Crippen LogP contribution in [0.2, 0.25) is 0 Å². The smallest absolute Gasteiger partial charge is 0.244 e. The zero-order valence-electron chi connectivity index (χ0n) is 14.9. The third kappa shape index (κ3) is 4.75. The van der Waals surface area contributed by atoms with Crippen molar-refractivity contribution in [3.05, 3.63) is 54.1 Å². The fraction of sp³-hybridized carbons (Fsp3) is 0.316. The van der Waals surface area contributed by atoms with Crippen LogP contribution in [0, 0.1) is 11.3 Å². The number of ether oxygens (including phenoxy) is 2. The van der Waals surface area contributed by atoms with Gasteiger partial charge in [-0.05, 0) is 31.5 Å². The summed E-state index contributed by atoms with van der Waals surface area (Å²) in [4.78, 5) is 0.0654. The molecule has 138 valence electrons. The lowest BCUT2D eigenvalue weighted by molar-refractivity contribution is 0.287. The highest BCUT2D eigenvalue weighted by Crippen LogP contribution is 2.31. The minimum atomic E-state index is -3.86. The zero-order chi connectivity index (χ0) is 19.0. The molecular formula is C19H22N2O4S. The summed E-state index contributed by atoms with van der Waals surface area (Å²) < 4.78 is 38.2. The molecule has 2 aromatic carbocycles. The van der Waals surface area contributed by atoms with E-state index < -0.39 is 10.0 Å². The molecule has 0 aromatic heterocycles. The average Bonchev–Trinajstić information content (AvgIpc) is 2.64. The Bertz CT molecular complexity index is 861. The Kier molecular flexibility index (Phi) is 7.01. The highest BCUT2D eigenvalue weighted by atomic mass is 32.2. The summed E-state index contributed by atoms with van der Waals surface area (Å²) in [5, 5.41) is 9.08. The summed E-state index contributed by atoms with van der Waals surface area (Å²) in [5.74, 6) is 0.857. The molecule has 0 aliphatic heterocycles. The summed E-state index contributed by atoms with van der Waals surface area (Å²) in [5.41, 5.74) is 0.808. The second kappa shape index (κ2) is 9.22. The SMILES string of the molecule is CCOc1ccc(S(=O)(=O)N(CC#N)Cc2ccccc2)cc1OCC. The molecule has 0 saturated carbocycles. The first-order valence-electron chi connectivity index (χ1n) is 8.33. The molecule has 2 aromatic rings. The quantitative estimate of drug-likeness (QED) is 0.630. The van der Waals surface area contributed by atoms with Gasteiger partial charge in [0.1, 0.15) is 6.54 Å². The third-order valence-corrected chi connectivity index (χ3v) is 5.39. The van der Waals surface area contributed by atoms with Gasteiger partial charge in [-0.1, -0.05) is 30.3 Å². The van der Waals surface area contributed by atoms with Crippen LogP contribution in [0.5, 0.6) is 11.5 Å². The largest absolute Gasteiger partial charge is 0.490 e. The maximum atomic E-state index is 13.0. The molecule has 0 aliphatic rings. The van der Waals surface area contributed by atoms with Crippen LogP contribution in [0.1, 0.15) is 19.4 Å². The van der Waals surface area contributed by atoms with E-state index >= 15 is 0 Å². The van der Waals surface area contributed by atoms with Crippen molar-refractivity contribution in [2.45, 2.75) is 25.3 Å². The molecule has 0 bridgehead atoms. The second-order valence-corrected chi connectivity index (χ2v) is 7.33. The Labute approximate surface area is 154 Å². The Morgan fingerprint density at radius 3 is 2.27 bits per heavy atom. The Morgan fingerprint density at radius 2 is 1.65 bits per heavy atom. The van der Waals surface area contributed by atoms with E-state index in [9.17, 15) is 8.42 Å². The summed E-state index contributed by atoms with van der Waals surface area (Å²) >= 11 is 0. The number of rotatable bonds is 9. The van der Waals surface area contributed by atoms with Gasteiger partial charge >= 0.3 is 0 Å². The number of nitrogens with zero attached hydrogens (tertiary/aromatic N) is 2. The van der Waals surface area contributed by atoms with E-state index in [1.165, 1.54) is 12.1 Å². The van der Waals surface area contributed by atoms with E-state index in [2.05, 4.69) is 0 Å². The summed E-state index contributed by atoms with van der Waals surface area (Å²) in [6.45, 7) is 4.36. The van der Waals surface area contributed by atoms with E-state index in [1.807, 2.05) is 50.2 Å². The predicted molar refractivity (Wildman–Crippen MR) is 98.4 cm³/mol. The molecule has 2 rings (SSSR count). The molecule has 6 nitrogen and oxygen atoms in total. The van der Waals surface area contributed by atoms with Gasteiger partial charge in [-0.25, -0.2) is 8.42 Å². The average molecular weight is 374 g/mol. The van der Waals surface area contributed by atoms with Crippen molar-refractivity contribution in [1.29, 1.82) is 5.26 Å². The van der Waals surface area contributed by atoms with Crippen molar-refractivity contribution >= 4 is 10.0 Å². The van der Waals surface area contributed by atoms with Gasteiger partial charge in [0.05, 0.1) is 24.2 Å². The van der Waals surface area contributed by atoms with Gasteiger partial charge in [0, 0.05) is 12.6 Å². The van der Waals surface area contributed by atoms with Crippen molar-refractivity contribution in [3.63, 3.8) is 0 Å². The summed E-state index contributed by atoms with van der Waals surface area (Å²) in [6.07, 6.45) is 0. The van der Waals surface area contributed by atoms with Crippen LogP contribution in [0.4, 0.5) is 0 Å². The Balaban J connectivity index is 2.39. The van der Waals surface area contributed by atoms with Gasteiger partial charge in [0.25, 0.3) is 0 Å². The van der Waals surface area contributed by atoms with Crippen molar-refractivity contribution in [1.82, 2.24) is 4.31 Å². The predicted octanol–water partition coefficient (Wildman–Crippen LogP) is 3.20. The first-order valence-corrected chi connectivity index (χ1v) is 9.77. The molecule has 0 fully saturated rings. The van der Waals surface area contributed by atoms with E-state index in [0.717, 1.165) is 9.87 Å². The molecule has 0 saturated heterocycles. The number of hydrogen-bond acceptors (Lipinski definition) is 5. The number of hydrogen-bond donors (Lipinski definition) is 0. The Hall–Kier alpha value is -2.56. The lowest BCUT2D eigenvalue weighted by atomic mass is 10.2. The first-order chi connectivity index (χ1) is 12.5. The van der Waals surface area contributed by atoms with E-state index in [0.29, 0.717) is 24.7 Å². The molecule has 0 radical (unpaired) electrons. The number of nitriles is 1. The Morgan fingerprint density at radius 1 is 1.00 bits per heavy atom. The number of sulfonamides is 1. The van der Waals surface area contributed by atoms with Crippen molar-refractivity contribution in [2.75, 3.05) is 19.8 Å². The normalized spacial score (nSPS) is 11.2. The molecule has 0 heterocycles. The van der Waals surface area contributed by atoms with Gasteiger partial charge in [0.15, 0.2) is 11.5 Å². The molecule has 26 heavy (non-hydrogen) atoms. The fourth-order valence-corrected chi connectivity index (χ4v) is 3.77. The maximum absolute atomic E-state index is 13.0. The standard InChI is InChI=1S/C19H22N2O4S/c1-3-24-18-11-10-17(14-19(18)25-4-2)26(22,23)21(13-12-20)15-16-8-6-5-7-9-16/h5-11,14H,3-4,13,15H2,1-2H3. The minimum Gasteiger partial charge on any atom is -0.490 e. The van der Waals surface area contributed by atoms with Crippen molar-refractivity contribution < 1.29 is 17.9 Å². The van der Waals surface area contributed by atoms with Gasteiger partial charge in [-0.2, -0.15) is 9.57 Å². The van der Waals surface area contributed by atoms with Gasteiger partial charge < -0.3 is 9.47 Å². The third-order valence-electron chi connectivity index (χ3n) is 3.60. The zero-order valence-corrected chi connectivity index (χ0v) is 15.7.